The number of Topliss-reactive ketones (excluding diaryl/α,β-unsaturated/α-hetero) is 1. The van der Waals surface area contributed by atoms with Gasteiger partial charge in [-0.1, -0.05) is 30.3 Å². The molecule has 1 N–H and O–H groups in total. The van der Waals surface area contributed by atoms with E-state index in [1.165, 1.54) is 4.90 Å². The van der Waals surface area contributed by atoms with Crippen LogP contribution in [0.1, 0.15) is 24.1 Å². The Hall–Kier alpha value is -4.06. The van der Waals surface area contributed by atoms with Crippen LogP contribution in [-0.2, 0) is 9.59 Å². The number of hydrogen-bond acceptors (Lipinski definition) is 5. The third-order valence-corrected chi connectivity index (χ3v) is 5.35. The molecule has 0 spiro atoms. The Kier molecular flexibility index (Phi) is 5.94. The highest BCUT2D eigenvalue weighted by Crippen LogP contribution is 2.42. The van der Waals surface area contributed by atoms with Gasteiger partial charge in [-0.05, 0) is 61.0 Å². The van der Waals surface area contributed by atoms with Gasteiger partial charge in [0.2, 0.25) is 0 Å². The van der Waals surface area contributed by atoms with Crippen LogP contribution in [0.3, 0.4) is 0 Å². The number of carbonyl (C=O) groups excluding carboxylic acids is 2. The summed E-state index contributed by atoms with van der Waals surface area (Å²) in [6.45, 7) is 2.40. The Labute approximate surface area is 186 Å². The predicted octanol–water partition coefficient (Wildman–Crippen LogP) is 4.72. The smallest absolute Gasteiger partial charge is 0.300 e. The number of aliphatic hydroxyl groups excluding tert-OH is 1. The maximum absolute atomic E-state index is 13.1. The SMILES string of the molecule is CCOc1ccc(/C(O)=C2\C(=O)C(=O)N(c3ccc(OC)cc3)C2c2ccccc2)cc1. The summed E-state index contributed by atoms with van der Waals surface area (Å²) in [5.41, 5.74) is 1.73. The fraction of sp³-hybridized carbons (Fsp3) is 0.154. The fourth-order valence-corrected chi connectivity index (χ4v) is 3.82. The zero-order valence-corrected chi connectivity index (χ0v) is 17.8. The van der Waals surface area contributed by atoms with Gasteiger partial charge in [0.15, 0.2) is 0 Å². The molecule has 3 aromatic rings. The van der Waals surface area contributed by atoms with E-state index in [-0.39, 0.29) is 11.3 Å². The monoisotopic (exact) mass is 429 g/mol. The molecule has 0 saturated carbocycles. The van der Waals surface area contributed by atoms with Crippen LogP contribution in [-0.4, -0.2) is 30.5 Å². The Bertz CT molecular complexity index is 1150. The zero-order valence-electron chi connectivity index (χ0n) is 17.8. The molecule has 162 valence electrons. The van der Waals surface area contributed by atoms with E-state index in [0.29, 0.717) is 29.4 Å². The molecule has 1 fully saturated rings. The summed E-state index contributed by atoms with van der Waals surface area (Å²) in [6.07, 6.45) is 0. The molecule has 1 atom stereocenters. The van der Waals surface area contributed by atoms with Crippen LogP contribution in [0, 0.1) is 0 Å². The molecule has 0 aromatic heterocycles. The largest absolute Gasteiger partial charge is 0.507 e. The number of ether oxygens (including phenoxy) is 2. The van der Waals surface area contributed by atoms with Gasteiger partial charge in [0.25, 0.3) is 11.7 Å². The van der Waals surface area contributed by atoms with Crippen molar-refractivity contribution in [3.63, 3.8) is 0 Å². The maximum Gasteiger partial charge on any atom is 0.300 e. The van der Waals surface area contributed by atoms with Gasteiger partial charge in [-0.2, -0.15) is 0 Å². The molecule has 1 aliphatic rings. The van der Waals surface area contributed by atoms with E-state index in [1.54, 1.807) is 55.6 Å². The number of carbonyl (C=O) groups is 2. The highest BCUT2D eigenvalue weighted by Gasteiger charge is 2.46. The van der Waals surface area contributed by atoms with Crippen molar-refractivity contribution in [2.75, 3.05) is 18.6 Å². The van der Waals surface area contributed by atoms with Crippen LogP contribution < -0.4 is 14.4 Å². The first-order valence-corrected chi connectivity index (χ1v) is 10.3. The average Bonchev–Trinajstić information content (AvgIpc) is 3.10. The second-order valence-corrected chi connectivity index (χ2v) is 7.24. The van der Waals surface area contributed by atoms with Crippen molar-refractivity contribution in [1.29, 1.82) is 0 Å². The zero-order chi connectivity index (χ0) is 22.7. The lowest BCUT2D eigenvalue weighted by atomic mass is 9.95. The molecule has 1 unspecified atom stereocenters. The lowest BCUT2D eigenvalue weighted by Crippen LogP contribution is -2.29. The lowest BCUT2D eigenvalue weighted by Gasteiger charge is -2.25. The maximum atomic E-state index is 13.1. The van der Waals surface area contributed by atoms with E-state index in [2.05, 4.69) is 0 Å². The molecular weight excluding hydrogens is 406 g/mol. The molecule has 0 aliphatic carbocycles. The normalized spacial score (nSPS) is 17.4. The number of amides is 1. The summed E-state index contributed by atoms with van der Waals surface area (Å²) < 4.78 is 10.7. The van der Waals surface area contributed by atoms with Crippen molar-refractivity contribution in [2.45, 2.75) is 13.0 Å². The van der Waals surface area contributed by atoms with Crippen molar-refractivity contribution in [3.8, 4) is 11.5 Å². The number of rotatable bonds is 6. The van der Waals surface area contributed by atoms with Crippen molar-refractivity contribution < 1.29 is 24.2 Å². The average molecular weight is 429 g/mol. The van der Waals surface area contributed by atoms with Crippen LogP contribution >= 0.6 is 0 Å². The van der Waals surface area contributed by atoms with Gasteiger partial charge >= 0.3 is 0 Å². The van der Waals surface area contributed by atoms with E-state index in [1.807, 2.05) is 37.3 Å². The van der Waals surface area contributed by atoms with Crippen LogP contribution in [0.15, 0.2) is 84.4 Å². The molecule has 0 bridgehead atoms. The number of ketones is 1. The fourth-order valence-electron chi connectivity index (χ4n) is 3.82. The summed E-state index contributed by atoms with van der Waals surface area (Å²) in [5.74, 6) is -0.368. The van der Waals surface area contributed by atoms with E-state index in [4.69, 9.17) is 9.47 Å². The molecule has 1 heterocycles. The summed E-state index contributed by atoms with van der Waals surface area (Å²) >= 11 is 0. The Morgan fingerprint density at radius 1 is 0.906 bits per heavy atom. The first-order chi connectivity index (χ1) is 15.5. The molecule has 3 aromatic carbocycles. The summed E-state index contributed by atoms with van der Waals surface area (Å²) in [7, 11) is 1.56. The molecule has 6 nitrogen and oxygen atoms in total. The van der Waals surface area contributed by atoms with Gasteiger partial charge in [0.1, 0.15) is 17.3 Å². The first-order valence-electron chi connectivity index (χ1n) is 10.3. The number of methoxy groups -OCH3 is 1. The minimum atomic E-state index is -0.767. The Morgan fingerprint density at radius 2 is 1.53 bits per heavy atom. The third kappa shape index (κ3) is 3.83. The molecule has 6 heteroatoms. The Balaban J connectivity index is 1.85. The summed E-state index contributed by atoms with van der Waals surface area (Å²) in [6, 6.07) is 22.1. The van der Waals surface area contributed by atoms with Gasteiger partial charge in [0, 0.05) is 11.3 Å². The van der Waals surface area contributed by atoms with Crippen LogP contribution in [0.2, 0.25) is 0 Å². The van der Waals surface area contributed by atoms with Crippen LogP contribution in [0.4, 0.5) is 5.69 Å². The number of benzene rings is 3. The second kappa shape index (κ2) is 8.98. The second-order valence-electron chi connectivity index (χ2n) is 7.24. The standard InChI is InChI=1S/C26H23NO5/c1-3-32-21-13-9-18(10-14-21)24(28)22-23(17-7-5-4-6-8-17)27(26(30)25(22)29)19-11-15-20(31-2)16-12-19/h4-16,23,28H,3H2,1-2H3/b24-22+. The van der Waals surface area contributed by atoms with Gasteiger partial charge in [-0.3, -0.25) is 14.5 Å². The number of anilines is 1. The van der Waals surface area contributed by atoms with Crippen molar-refractivity contribution in [1.82, 2.24) is 0 Å². The molecule has 0 radical (unpaired) electrons. The van der Waals surface area contributed by atoms with Crippen molar-refractivity contribution in [3.05, 3.63) is 95.6 Å². The first kappa shape index (κ1) is 21.2. The molecule has 1 aliphatic heterocycles. The Morgan fingerprint density at radius 3 is 2.12 bits per heavy atom. The van der Waals surface area contributed by atoms with E-state index in [0.717, 1.165) is 5.56 Å². The molecule has 1 amide bonds. The topological polar surface area (TPSA) is 76.1 Å². The quantitative estimate of drug-likeness (QED) is 0.349. The minimum Gasteiger partial charge on any atom is -0.507 e. The van der Waals surface area contributed by atoms with Crippen LogP contribution in [0.5, 0.6) is 11.5 Å². The number of aliphatic hydroxyl groups is 1. The van der Waals surface area contributed by atoms with E-state index < -0.39 is 17.7 Å². The van der Waals surface area contributed by atoms with Crippen LogP contribution in [0.25, 0.3) is 5.76 Å². The lowest BCUT2D eigenvalue weighted by molar-refractivity contribution is -0.132. The van der Waals surface area contributed by atoms with Gasteiger partial charge < -0.3 is 14.6 Å². The third-order valence-electron chi connectivity index (χ3n) is 5.35. The molecule has 4 rings (SSSR count). The highest BCUT2D eigenvalue weighted by atomic mass is 16.5. The van der Waals surface area contributed by atoms with E-state index >= 15 is 0 Å². The molecule has 1 saturated heterocycles. The summed E-state index contributed by atoms with van der Waals surface area (Å²) in [5, 5.41) is 11.1. The minimum absolute atomic E-state index is 0.0428. The van der Waals surface area contributed by atoms with Gasteiger partial charge in [0.05, 0.1) is 25.3 Å². The van der Waals surface area contributed by atoms with Crippen molar-refractivity contribution >= 4 is 23.1 Å². The summed E-state index contributed by atoms with van der Waals surface area (Å²) in [4.78, 5) is 27.6. The van der Waals surface area contributed by atoms with E-state index in [9.17, 15) is 14.7 Å². The van der Waals surface area contributed by atoms with Gasteiger partial charge in [-0.25, -0.2) is 0 Å². The predicted molar refractivity (Wildman–Crippen MR) is 122 cm³/mol. The molecular formula is C26H23NO5. The number of hydrogen-bond donors (Lipinski definition) is 1. The highest BCUT2D eigenvalue weighted by molar-refractivity contribution is 6.51. The molecule has 32 heavy (non-hydrogen) atoms. The number of nitrogens with zero attached hydrogens (tertiary/aromatic N) is 1. The van der Waals surface area contributed by atoms with Crippen molar-refractivity contribution in [2.24, 2.45) is 0 Å². The van der Waals surface area contributed by atoms with Gasteiger partial charge in [-0.15, -0.1) is 0 Å².